The van der Waals surface area contributed by atoms with E-state index in [0.29, 0.717) is 0 Å². The number of nitrogens with zero attached hydrogens (tertiary/aromatic N) is 1. The third kappa shape index (κ3) is 0.228. The van der Waals surface area contributed by atoms with Crippen molar-refractivity contribution >= 4 is 5.91 Å². The van der Waals surface area contributed by atoms with E-state index in [1.807, 2.05) is 0 Å². The summed E-state index contributed by atoms with van der Waals surface area (Å²) >= 11 is 0. The lowest BCUT2D eigenvalue weighted by Gasteiger charge is -1.76. The molecule has 1 fully saturated rings. The number of rotatable bonds is 0. The third-order valence-corrected chi connectivity index (χ3v) is 0.961. The second-order valence-corrected chi connectivity index (χ2v) is 1.42. The number of carbonyl (C=O) groups is 1. The highest BCUT2D eigenvalue weighted by molar-refractivity contribution is 5.95. The fourth-order valence-corrected chi connectivity index (χ4v) is 0.292. The Kier molecular flexibility index (Phi) is 0.442. The molecule has 1 atom stereocenters. The average Bonchev–Trinajstić information content (AvgIpc) is 1.94. The molecule has 0 spiro atoms. The zero-order valence-corrected chi connectivity index (χ0v) is 3.51. The first-order valence-electron chi connectivity index (χ1n) is 1.81. The van der Waals surface area contributed by atoms with Crippen LogP contribution in [0.4, 0.5) is 0 Å². The lowest BCUT2D eigenvalue weighted by Crippen LogP contribution is -2.07. The first kappa shape index (κ1) is 3.61. The molecular formula is C3H6N2O. The van der Waals surface area contributed by atoms with E-state index in [9.17, 15) is 4.79 Å². The SMILES string of the molecule is CC1C(=O)N1N. The molecule has 1 unspecified atom stereocenters. The van der Waals surface area contributed by atoms with Crippen LogP contribution < -0.4 is 5.84 Å². The Bertz CT molecular complexity index is 80.8. The summed E-state index contributed by atoms with van der Waals surface area (Å²) in [7, 11) is 0. The molecule has 1 aliphatic rings. The van der Waals surface area contributed by atoms with Crippen LogP contribution in [0.15, 0.2) is 0 Å². The van der Waals surface area contributed by atoms with Crippen molar-refractivity contribution in [3.8, 4) is 0 Å². The van der Waals surface area contributed by atoms with Gasteiger partial charge >= 0.3 is 0 Å². The van der Waals surface area contributed by atoms with Crippen LogP contribution in [0.5, 0.6) is 0 Å². The van der Waals surface area contributed by atoms with E-state index in [1.54, 1.807) is 6.92 Å². The van der Waals surface area contributed by atoms with Gasteiger partial charge in [-0.25, -0.2) is 5.84 Å². The van der Waals surface area contributed by atoms with Gasteiger partial charge in [-0.05, 0) is 6.92 Å². The summed E-state index contributed by atoms with van der Waals surface area (Å²) in [6, 6.07) is -0.00926. The summed E-state index contributed by atoms with van der Waals surface area (Å²) in [6.45, 7) is 1.77. The summed E-state index contributed by atoms with van der Waals surface area (Å²) in [6.07, 6.45) is 0. The number of hydrogen-bond donors (Lipinski definition) is 1. The van der Waals surface area contributed by atoms with Gasteiger partial charge in [0, 0.05) is 0 Å². The Labute approximate surface area is 35.7 Å². The molecule has 6 heavy (non-hydrogen) atoms. The molecule has 0 radical (unpaired) electrons. The maximum Gasteiger partial charge on any atom is 0.261 e. The third-order valence-electron chi connectivity index (χ3n) is 0.961. The molecule has 0 saturated carbocycles. The molecule has 1 heterocycles. The van der Waals surface area contributed by atoms with Crippen molar-refractivity contribution in [2.75, 3.05) is 0 Å². The van der Waals surface area contributed by atoms with Gasteiger partial charge in [-0.2, -0.15) is 0 Å². The van der Waals surface area contributed by atoms with E-state index in [1.165, 1.54) is 5.01 Å². The van der Waals surface area contributed by atoms with Crippen LogP contribution in [-0.4, -0.2) is 17.0 Å². The van der Waals surface area contributed by atoms with E-state index in [0.717, 1.165) is 0 Å². The van der Waals surface area contributed by atoms with Gasteiger partial charge in [-0.3, -0.25) is 9.80 Å². The molecule has 1 saturated heterocycles. The number of hydrogen-bond acceptors (Lipinski definition) is 2. The molecule has 1 rings (SSSR count). The van der Waals surface area contributed by atoms with Crippen molar-refractivity contribution < 1.29 is 4.79 Å². The van der Waals surface area contributed by atoms with Crippen LogP contribution in [0, 0.1) is 0 Å². The molecule has 0 aromatic rings. The Morgan fingerprint density at radius 3 is 2.17 bits per heavy atom. The summed E-state index contributed by atoms with van der Waals surface area (Å²) in [5.74, 6) is 5.03. The van der Waals surface area contributed by atoms with Gasteiger partial charge in [0.2, 0.25) is 0 Å². The minimum atomic E-state index is -0.00926. The highest BCUT2D eigenvalue weighted by Crippen LogP contribution is 2.10. The summed E-state index contributed by atoms with van der Waals surface area (Å²) in [4.78, 5) is 10.0. The maximum atomic E-state index is 10.0. The van der Waals surface area contributed by atoms with Gasteiger partial charge in [0.05, 0.1) is 0 Å². The van der Waals surface area contributed by atoms with Crippen LogP contribution >= 0.6 is 0 Å². The maximum absolute atomic E-state index is 10.0. The summed E-state index contributed by atoms with van der Waals surface area (Å²) in [5, 5.41) is 1.19. The Balaban J connectivity index is 2.51. The van der Waals surface area contributed by atoms with Crippen LogP contribution in [0.25, 0.3) is 0 Å². The first-order chi connectivity index (χ1) is 2.73. The minimum absolute atomic E-state index is 0.00926. The highest BCUT2D eigenvalue weighted by Gasteiger charge is 2.38. The quantitative estimate of drug-likeness (QED) is 0.236. The topological polar surface area (TPSA) is 46.1 Å². The Morgan fingerprint density at radius 1 is 2.00 bits per heavy atom. The van der Waals surface area contributed by atoms with Crippen molar-refractivity contribution in [1.82, 2.24) is 5.01 Å². The van der Waals surface area contributed by atoms with Gasteiger partial charge < -0.3 is 0 Å². The standard InChI is InChI=1S/C3H6N2O/c1-2-3(6)5(2)4/h2H,4H2,1H3. The second kappa shape index (κ2) is 0.733. The molecule has 0 bridgehead atoms. The van der Waals surface area contributed by atoms with Crippen LogP contribution in [0.1, 0.15) is 6.92 Å². The predicted molar refractivity (Wildman–Crippen MR) is 20.5 cm³/mol. The Morgan fingerprint density at radius 2 is 2.17 bits per heavy atom. The van der Waals surface area contributed by atoms with Gasteiger partial charge in [0.1, 0.15) is 6.04 Å². The van der Waals surface area contributed by atoms with Gasteiger partial charge in [0.15, 0.2) is 0 Å². The second-order valence-electron chi connectivity index (χ2n) is 1.42. The fourth-order valence-electron chi connectivity index (χ4n) is 0.292. The van der Waals surface area contributed by atoms with E-state index >= 15 is 0 Å². The molecule has 3 heteroatoms. The van der Waals surface area contributed by atoms with Gasteiger partial charge in [-0.1, -0.05) is 0 Å². The molecule has 34 valence electrons. The van der Waals surface area contributed by atoms with E-state index in [4.69, 9.17) is 5.84 Å². The normalized spacial score (nSPS) is 31.3. The van der Waals surface area contributed by atoms with Crippen LogP contribution in [0.3, 0.4) is 0 Å². The lowest BCUT2D eigenvalue weighted by molar-refractivity contribution is -0.113. The molecule has 1 aliphatic heterocycles. The zero-order chi connectivity index (χ0) is 4.73. The lowest BCUT2D eigenvalue weighted by atomic mass is 10.6. The van der Waals surface area contributed by atoms with Crippen molar-refractivity contribution in [1.29, 1.82) is 0 Å². The molecule has 0 aliphatic carbocycles. The smallest absolute Gasteiger partial charge is 0.261 e. The molecule has 3 nitrogen and oxygen atoms in total. The number of carbonyl (C=O) groups excluding carboxylic acids is 1. The number of amides is 1. The minimum Gasteiger partial charge on any atom is -0.271 e. The predicted octanol–water partition coefficient (Wildman–Crippen LogP) is -0.909. The summed E-state index contributed by atoms with van der Waals surface area (Å²) in [5.41, 5.74) is 0. The van der Waals surface area contributed by atoms with E-state index in [2.05, 4.69) is 0 Å². The van der Waals surface area contributed by atoms with Crippen molar-refractivity contribution in [2.45, 2.75) is 13.0 Å². The van der Waals surface area contributed by atoms with E-state index in [-0.39, 0.29) is 11.9 Å². The largest absolute Gasteiger partial charge is 0.271 e. The fraction of sp³-hybridized carbons (Fsp3) is 0.667. The molecule has 0 aromatic carbocycles. The van der Waals surface area contributed by atoms with Crippen molar-refractivity contribution in [3.05, 3.63) is 0 Å². The van der Waals surface area contributed by atoms with Crippen molar-refractivity contribution in [2.24, 2.45) is 5.84 Å². The highest BCUT2D eigenvalue weighted by atomic mass is 16.2. The molecular weight excluding hydrogens is 80.0 g/mol. The van der Waals surface area contributed by atoms with Crippen molar-refractivity contribution in [3.63, 3.8) is 0 Å². The zero-order valence-electron chi connectivity index (χ0n) is 3.51. The monoisotopic (exact) mass is 86.0 g/mol. The number of hydrazine groups is 1. The molecule has 1 amide bonds. The molecule has 0 aromatic heterocycles. The number of nitrogens with two attached hydrogens (primary N) is 1. The molecule has 2 N–H and O–H groups in total. The first-order valence-corrected chi connectivity index (χ1v) is 1.81. The van der Waals surface area contributed by atoms with Gasteiger partial charge in [-0.15, -0.1) is 0 Å². The average molecular weight is 86.1 g/mol. The van der Waals surface area contributed by atoms with Crippen LogP contribution in [0.2, 0.25) is 0 Å². The Hall–Kier alpha value is -0.570. The van der Waals surface area contributed by atoms with Gasteiger partial charge in [0.25, 0.3) is 5.91 Å². The summed E-state index contributed by atoms with van der Waals surface area (Å²) < 4.78 is 0. The van der Waals surface area contributed by atoms with Crippen LogP contribution in [-0.2, 0) is 4.79 Å². The van der Waals surface area contributed by atoms with E-state index < -0.39 is 0 Å².